The first kappa shape index (κ1) is 49.1. The summed E-state index contributed by atoms with van der Waals surface area (Å²) in [5.41, 5.74) is 22.6. The van der Waals surface area contributed by atoms with E-state index in [-0.39, 0.29) is 0 Å². The predicted octanol–water partition coefficient (Wildman–Crippen LogP) is 17.7. The zero-order chi connectivity index (χ0) is 42.5. The van der Waals surface area contributed by atoms with Gasteiger partial charge < -0.3 is 11.5 Å². The van der Waals surface area contributed by atoms with Crippen molar-refractivity contribution >= 4 is 11.4 Å². The topological polar surface area (TPSA) is 52.0 Å². The molecule has 0 bridgehead atoms. The third-order valence-electron chi connectivity index (χ3n) is 13.4. The molecule has 2 nitrogen and oxygen atoms in total. The highest BCUT2D eigenvalue weighted by Crippen LogP contribution is 2.34. The normalized spacial score (nSPS) is 13.1. The molecule has 0 saturated carbocycles. The minimum atomic E-state index is 0.425. The average Bonchev–Trinajstić information content (AvgIpc) is 3.26. The van der Waals surface area contributed by atoms with Crippen LogP contribution in [0.2, 0.25) is 0 Å². The maximum atomic E-state index is 6.13. The van der Waals surface area contributed by atoms with Gasteiger partial charge in [-0.1, -0.05) is 241 Å². The summed E-state index contributed by atoms with van der Waals surface area (Å²) in [6.45, 7) is 6.92. The summed E-state index contributed by atoms with van der Waals surface area (Å²) in [5, 5.41) is 0. The Kier molecular flexibility index (Phi) is 25.0. The van der Waals surface area contributed by atoms with Crippen LogP contribution in [0.5, 0.6) is 0 Å². The molecule has 0 aliphatic rings. The zero-order valence-corrected chi connectivity index (χ0v) is 38.9. The molecule has 4 aromatic carbocycles. The van der Waals surface area contributed by atoms with Crippen LogP contribution in [-0.4, -0.2) is 0 Å². The van der Waals surface area contributed by atoms with Crippen LogP contribution in [0, 0.1) is 5.92 Å². The molecule has 60 heavy (non-hydrogen) atoms. The second kappa shape index (κ2) is 30.5. The van der Waals surface area contributed by atoms with Crippen LogP contribution in [0.3, 0.4) is 0 Å². The number of rotatable bonds is 34. The van der Waals surface area contributed by atoms with E-state index in [1.54, 1.807) is 0 Å². The molecule has 2 atom stereocenters. The first-order chi connectivity index (χ1) is 29.5. The van der Waals surface area contributed by atoms with Crippen molar-refractivity contribution in [3.63, 3.8) is 0 Å². The monoisotopic (exact) mass is 813 g/mol. The van der Waals surface area contributed by atoms with E-state index in [1.165, 1.54) is 200 Å². The summed E-state index contributed by atoms with van der Waals surface area (Å²) < 4.78 is 0. The molecule has 0 heterocycles. The van der Waals surface area contributed by atoms with E-state index in [2.05, 4.69) is 118 Å². The van der Waals surface area contributed by atoms with E-state index in [0.717, 1.165) is 24.2 Å². The van der Waals surface area contributed by atoms with Gasteiger partial charge in [0.2, 0.25) is 0 Å². The van der Waals surface area contributed by atoms with Gasteiger partial charge in [0.15, 0.2) is 0 Å². The largest absolute Gasteiger partial charge is 0.399 e. The lowest BCUT2D eigenvalue weighted by atomic mass is 9.83. The summed E-state index contributed by atoms with van der Waals surface area (Å²) in [5.74, 6) is 1.50. The maximum Gasteiger partial charge on any atom is 0.0314 e. The van der Waals surface area contributed by atoms with Crippen LogP contribution >= 0.6 is 0 Å². The van der Waals surface area contributed by atoms with E-state index < -0.39 is 0 Å². The van der Waals surface area contributed by atoms with Crippen molar-refractivity contribution < 1.29 is 0 Å². The Balaban J connectivity index is 1.42. The van der Waals surface area contributed by atoms with Crippen LogP contribution in [-0.2, 0) is 12.8 Å². The number of hydrogen-bond donors (Lipinski definition) is 2. The summed E-state index contributed by atoms with van der Waals surface area (Å²) in [7, 11) is 0. The number of hydrogen-bond acceptors (Lipinski definition) is 2. The highest BCUT2D eigenvalue weighted by atomic mass is 14.5. The zero-order valence-electron chi connectivity index (χ0n) is 38.9. The molecule has 0 radical (unpaired) electrons. The van der Waals surface area contributed by atoms with Gasteiger partial charge in [-0.3, -0.25) is 0 Å². The smallest absolute Gasteiger partial charge is 0.0314 e. The molecule has 4 aromatic rings. The van der Waals surface area contributed by atoms with E-state index in [0.29, 0.717) is 17.8 Å². The number of nitrogens with two attached hydrogens (primary N) is 2. The molecule has 0 spiro atoms. The Bertz CT molecular complexity index is 1490. The summed E-state index contributed by atoms with van der Waals surface area (Å²) >= 11 is 0. The molecule has 0 saturated heterocycles. The van der Waals surface area contributed by atoms with E-state index >= 15 is 0 Å². The Morgan fingerprint density at radius 2 is 0.550 bits per heavy atom. The van der Waals surface area contributed by atoms with Crippen molar-refractivity contribution in [3.05, 3.63) is 130 Å². The fourth-order valence-electron chi connectivity index (χ4n) is 9.58. The van der Waals surface area contributed by atoms with E-state index in [9.17, 15) is 0 Å². The maximum absolute atomic E-state index is 6.13. The van der Waals surface area contributed by atoms with Crippen molar-refractivity contribution in [2.45, 2.75) is 212 Å². The van der Waals surface area contributed by atoms with Crippen LogP contribution in [0.4, 0.5) is 11.4 Å². The Labute approximate surface area is 370 Å². The van der Waals surface area contributed by atoms with Gasteiger partial charge in [0, 0.05) is 23.2 Å². The van der Waals surface area contributed by atoms with Gasteiger partial charge in [0.1, 0.15) is 0 Å². The van der Waals surface area contributed by atoms with Crippen LogP contribution in [0.1, 0.15) is 233 Å². The Morgan fingerprint density at radius 1 is 0.300 bits per heavy atom. The lowest BCUT2D eigenvalue weighted by molar-refractivity contribution is 0.444. The van der Waals surface area contributed by atoms with Crippen molar-refractivity contribution in [1.82, 2.24) is 0 Å². The second-order valence-electron chi connectivity index (χ2n) is 18.6. The van der Waals surface area contributed by atoms with Gasteiger partial charge in [-0.25, -0.2) is 0 Å². The minimum Gasteiger partial charge on any atom is -0.399 e. The molecular formula is C58H88N2. The highest BCUT2D eigenvalue weighted by Gasteiger charge is 2.18. The van der Waals surface area contributed by atoms with E-state index in [1.807, 2.05) is 0 Å². The third-order valence-corrected chi connectivity index (χ3v) is 13.4. The number of unbranched alkanes of at least 4 members (excludes halogenated alkanes) is 20. The van der Waals surface area contributed by atoms with Crippen molar-refractivity contribution in [2.24, 2.45) is 5.92 Å². The molecule has 4 N–H and O–H groups in total. The molecular weight excluding hydrogens is 725 g/mol. The van der Waals surface area contributed by atoms with Gasteiger partial charge >= 0.3 is 0 Å². The highest BCUT2D eigenvalue weighted by molar-refractivity contribution is 5.44. The molecule has 0 fully saturated rings. The molecule has 2 heteroatoms. The quantitative estimate of drug-likeness (QED) is 0.0365. The minimum absolute atomic E-state index is 0.425. The summed E-state index contributed by atoms with van der Waals surface area (Å²) in [4.78, 5) is 0. The summed E-state index contributed by atoms with van der Waals surface area (Å²) in [6.07, 6.45) is 37.3. The standard InChI is InChI=1S/C58H88N2/c1-4-7-10-13-16-19-22-25-28-57(53-38-42-55(59)43-39-53)51-34-30-48(31-35-51)46-50(27-24-21-18-15-12-9-6-3)47-49-32-36-52(37-33-49)58(54-40-44-56(60)45-41-54)29-26-23-20-17-14-11-8-5-2/h30-45,50,57-58H,4-29,46-47,59-60H2,1-3H3. The Hall–Kier alpha value is -3.52. The molecule has 4 rings (SSSR count). The number of anilines is 2. The van der Waals surface area contributed by atoms with Crippen molar-refractivity contribution in [3.8, 4) is 0 Å². The fourth-order valence-corrected chi connectivity index (χ4v) is 9.58. The van der Waals surface area contributed by atoms with Gasteiger partial charge in [-0.05, 0) is 95.7 Å². The average molecular weight is 813 g/mol. The molecule has 0 amide bonds. The SMILES string of the molecule is CCCCCCCCCCC(c1ccc(N)cc1)c1ccc(CC(CCCCCCCCC)Cc2ccc(C(CCCCCCCCCC)c3ccc(N)cc3)cc2)cc1. The first-order valence-electron chi connectivity index (χ1n) is 25.4. The fraction of sp³-hybridized carbons (Fsp3) is 0.586. The summed E-state index contributed by atoms with van der Waals surface area (Å²) in [6, 6.07) is 37.0. The first-order valence-corrected chi connectivity index (χ1v) is 25.4. The molecule has 0 aromatic heterocycles. The predicted molar refractivity (Wildman–Crippen MR) is 266 cm³/mol. The van der Waals surface area contributed by atoms with Gasteiger partial charge in [0.25, 0.3) is 0 Å². The second-order valence-corrected chi connectivity index (χ2v) is 18.6. The van der Waals surface area contributed by atoms with Crippen molar-refractivity contribution in [2.75, 3.05) is 11.5 Å². The number of nitrogen functional groups attached to an aromatic ring is 2. The van der Waals surface area contributed by atoms with Crippen LogP contribution in [0.15, 0.2) is 97.1 Å². The lowest BCUT2D eigenvalue weighted by Gasteiger charge is -2.21. The molecule has 0 aliphatic heterocycles. The van der Waals surface area contributed by atoms with Gasteiger partial charge in [-0.15, -0.1) is 0 Å². The molecule has 330 valence electrons. The van der Waals surface area contributed by atoms with Gasteiger partial charge in [-0.2, -0.15) is 0 Å². The lowest BCUT2D eigenvalue weighted by Crippen LogP contribution is -2.10. The van der Waals surface area contributed by atoms with Crippen LogP contribution < -0.4 is 11.5 Å². The Morgan fingerprint density at radius 3 is 0.850 bits per heavy atom. The molecule has 2 unspecified atom stereocenters. The third kappa shape index (κ3) is 19.5. The van der Waals surface area contributed by atoms with E-state index in [4.69, 9.17) is 11.5 Å². The van der Waals surface area contributed by atoms with Crippen LogP contribution in [0.25, 0.3) is 0 Å². The van der Waals surface area contributed by atoms with Gasteiger partial charge in [0.05, 0.1) is 0 Å². The molecule has 0 aliphatic carbocycles. The van der Waals surface area contributed by atoms with Crippen molar-refractivity contribution in [1.29, 1.82) is 0 Å². The number of benzene rings is 4.